The van der Waals surface area contributed by atoms with Crippen molar-refractivity contribution in [3.8, 4) is 0 Å². The molecule has 1 atom stereocenters. The third-order valence-corrected chi connectivity index (χ3v) is 10.5. The second-order valence-electron chi connectivity index (χ2n) is 11.7. The second kappa shape index (κ2) is 10.5. The van der Waals surface area contributed by atoms with E-state index >= 15 is 0 Å². The number of fused-ring (bicyclic) bond motifs is 4. The quantitative estimate of drug-likeness (QED) is 0.363. The number of amides is 1. The average molecular weight is 538 g/mol. The van der Waals surface area contributed by atoms with Crippen LogP contribution in [0.25, 0.3) is 10.9 Å². The Morgan fingerprint density at radius 2 is 1.92 bits per heavy atom. The van der Waals surface area contributed by atoms with Crippen molar-refractivity contribution in [1.82, 2.24) is 14.9 Å². The molecule has 1 fully saturated rings. The number of likely N-dealkylation sites (tertiary alicyclic amines) is 1. The predicted octanol–water partition coefficient (Wildman–Crippen LogP) is 6.81. The Bertz CT molecular complexity index is 1300. The van der Waals surface area contributed by atoms with E-state index in [9.17, 15) is 4.79 Å². The van der Waals surface area contributed by atoms with E-state index in [0.717, 1.165) is 62.2 Å². The van der Waals surface area contributed by atoms with Gasteiger partial charge < -0.3 is 14.6 Å². The summed E-state index contributed by atoms with van der Waals surface area (Å²) in [6.07, 6.45) is 7.75. The van der Waals surface area contributed by atoms with Gasteiger partial charge >= 0.3 is 6.09 Å². The second-order valence-corrected chi connectivity index (χ2v) is 17.1. The zero-order valence-corrected chi connectivity index (χ0v) is 24.7. The van der Waals surface area contributed by atoms with Gasteiger partial charge in [-0.15, -0.1) is 0 Å². The van der Waals surface area contributed by atoms with Gasteiger partial charge in [0.1, 0.15) is 0 Å². The van der Waals surface area contributed by atoms with Crippen molar-refractivity contribution >= 4 is 42.0 Å². The Balaban J connectivity index is 1.71. The Labute approximate surface area is 227 Å². The van der Waals surface area contributed by atoms with Crippen LogP contribution in [-0.4, -0.2) is 48.7 Å². The molecule has 1 aromatic carbocycles. The minimum atomic E-state index is -1.63. The number of hydrogen-bond acceptors (Lipinski definition) is 3. The highest BCUT2D eigenvalue weighted by Crippen LogP contribution is 2.47. The molecular weight excluding hydrogens is 498 g/mol. The van der Waals surface area contributed by atoms with Gasteiger partial charge in [-0.25, -0.2) is 4.79 Å². The smallest absolute Gasteiger partial charge is 0.409 e. The van der Waals surface area contributed by atoms with Gasteiger partial charge in [-0.05, 0) is 79.3 Å². The van der Waals surface area contributed by atoms with Crippen molar-refractivity contribution in [2.75, 3.05) is 19.7 Å². The normalized spacial score (nSPS) is 18.4. The van der Waals surface area contributed by atoms with Gasteiger partial charge in [0.05, 0.1) is 30.9 Å². The molecule has 2 aliphatic rings. The number of pyridine rings is 1. The Hall–Kier alpha value is -2.31. The molecule has 1 unspecified atom stereocenters. The summed E-state index contributed by atoms with van der Waals surface area (Å²) in [5.41, 5.74) is 7.96. The molecular formula is C30H40ClN3O2Si. The van der Waals surface area contributed by atoms with Crippen molar-refractivity contribution in [3.63, 3.8) is 0 Å². The highest BCUT2D eigenvalue weighted by atomic mass is 35.5. The number of halogens is 1. The lowest BCUT2D eigenvalue weighted by atomic mass is 9.75. The molecule has 1 aliphatic heterocycles. The summed E-state index contributed by atoms with van der Waals surface area (Å²) in [7, 11) is -1.63. The fourth-order valence-electron chi connectivity index (χ4n) is 6.62. The maximum atomic E-state index is 12.4. The zero-order chi connectivity index (χ0) is 26.3. The fraction of sp³-hybridized carbons (Fsp3) is 0.533. The van der Waals surface area contributed by atoms with Crippen LogP contribution in [0, 0.1) is 5.92 Å². The number of ether oxygens (including phenoxy) is 1. The minimum absolute atomic E-state index is 0.189. The number of carbonyl (C=O) groups excluding carboxylic acids is 1. The molecule has 7 heteroatoms. The lowest BCUT2D eigenvalue weighted by Gasteiger charge is -2.36. The van der Waals surface area contributed by atoms with E-state index in [4.69, 9.17) is 21.3 Å². The van der Waals surface area contributed by atoms with Gasteiger partial charge in [0.2, 0.25) is 0 Å². The minimum Gasteiger partial charge on any atom is -0.450 e. The third kappa shape index (κ3) is 4.83. The molecule has 37 heavy (non-hydrogen) atoms. The van der Waals surface area contributed by atoms with E-state index in [2.05, 4.69) is 49.7 Å². The molecule has 1 amide bonds. The van der Waals surface area contributed by atoms with Gasteiger partial charge in [-0.3, -0.25) is 4.98 Å². The first kappa shape index (κ1) is 26.3. The number of carbonyl (C=O) groups is 1. The number of hydrogen-bond donors (Lipinski definition) is 1. The van der Waals surface area contributed by atoms with Gasteiger partial charge in [-0.2, -0.15) is 0 Å². The van der Waals surface area contributed by atoms with E-state index < -0.39 is 8.07 Å². The van der Waals surface area contributed by atoms with Crippen molar-refractivity contribution in [1.29, 1.82) is 0 Å². The van der Waals surface area contributed by atoms with Gasteiger partial charge in [-0.1, -0.05) is 50.7 Å². The molecule has 0 spiro atoms. The molecule has 5 rings (SSSR count). The molecule has 3 heterocycles. The maximum absolute atomic E-state index is 12.4. The standard InChI is InChI=1S/C30H40ClN3O2Si/c1-6-9-22-26-24-21(18-23(31)28(26)33-29(22)37(3,4)5)12-11-20-10-8-15-32-27(20)25(24)19-13-16-34(17-14-19)30(35)36-7-2/h8,10,15,18-19,25,33H,6-7,9,11-14,16-17H2,1-5H3. The average Bonchev–Trinajstić information content (AvgIpc) is 3.18. The van der Waals surface area contributed by atoms with Crippen LogP contribution in [0.3, 0.4) is 0 Å². The van der Waals surface area contributed by atoms with Crippen LogP contribution in [0.15, 0.2) is 24.4 Å². The number of nitrogens with one attached hydrogen (secondary N) is 1. The summed E-state index contributed by atoms with van der Waals surface area (Å²) >= 11 is 7.02. The van der Waals surface area contributed by atoms with E-state index in [1.807, 2.05) is 18.0 Å². The molecule has 198 valence electrons. The topological polar surface area (TPSA) is 58.2 Å². The van der Waals surface area contributed by atoms with Gasteiger partial charge in [0.15, 0.2) is 0 Å². The van der Waals surface area contributed by atoms with Crippen LogP contribution in [0.4, 0.5) is 4.79 Å². The van der Waals surface area contributed by atoms with Crippen LogP contribution in [0.1, 0.15) is 67.0 Å². The maximum Gasteiger partial charge on any atom is 0.409 e. The van der Waals surface area contributed by atoms with Crippen LogP contribution < -0.4 is 5.32 Å². The van der Waals surface area contributed by atoms with Crippen LogP contribution in [0.2, 0.25) is 24.7 Å². The molecule has 2 aromatic heterocycles. The number of nitrogens with zero attached hydrogens (tertiary/aromatic N) is 2. The molecule has 0 bridgehead atoms. The fourth-order valence-corrected chi connectivity index (χ4v) is 8.55. The van der Waals surface area contributed by atoms with E-state index in [1.165, 1.54) is 38.7 Å². The first-order valence-corrected chi connectivity index (χ1v) is 17.8. The first-order chi connectivity index (χ1) is 17.7. The number of benzene rings is 1. The molecule has 5 nitrogen and oxygen atoms in total. The van der Waals surface area contributed by atoms with Crippen LogP contribution >= 0.6 is 11.6 Å². The molecule has 1 aliphatic carbocycles. The monoisotopic (exact) mass is 537 g/mol. The Morgan fingerprint density at radius 1 is 1.19 bits per heavy atom. The molecule has 3 aromatic rings. The zero-order valence-electron chi connectivity index (χ0n) is 22.9. The highest BCUT2D eigenvalue weighted by Gasteiger charge is 2.38. The molecule has 1 saturated heterocycles. The predicted molar refractivity (Wildman–Crippen MR) is 155 cm³/mol. The van der Waals surface area contributed by atoms with E-state index in [-0.39, 0.29) is 12.0 Å². The summed E-state index contributed by atoms with van der Waals surface area (Å²) < 4.78 is 5.30. The van der Waals surface area contributed by atoms with Crippen LogP contribution in [0.5, 0.6) is 0 Å². The lowest BCUT2D eigenvalue weighted by Crippen LogP contribution is -2.41. The van der Waals surface area contributed by atoms with Gasteiger partial charge in [0.25, 0.3) is 0 Å². The Kier molecular flexibility index (Phi) is 7.43. The third-order valence-electron chi connectivity index (χ3n) is 8.24. The summed E-state index contributed by atoms with van der Waals surface area (Å²) in [5, 5.41) is 3.63. The SMILES string of the molecule is CCCc1c([Si](C)(C)C)[nH]c2c(Cl)cc3c(c12)C(C1CCN(C(=O)OCC)CC1)c1ncccc1CC3. The summed E-state index contributed by atoms with van der Waals surface area (Å²) in [5.74, 6) is 0.596. The number of rotatable bonds is 5. The van der Waals surface area contributed by atoms with Crippen LogP contribution in [-0.2, 0) is 24.0 Å². The van der Waals surface area contributed by atoms with Crippen molar-refractivity contribution in [2.45, 2.75) is 77.9 Å². The lowest BCUT2D eigenvalue weighted by molar-refractivity contribution is 0.0900. The number of aromatic amines is 1. The molecule has 0 saturated carbocycles. The van der Waals surface area contributed by atoms with E-state index in [1.54, 1.807) is 0 Å². The van der Waals surface area contributed by atoms with Crippen molar-refractivity contribution < 1.29 is 9.53 Å². The van der Waals surface area contributed by atoms with Gasteiger partial charge in [0, 0.05) is 35.9 Å². The number of piperidine rings is 1. The number of H-pyrrole nitrogens is 1. The Morgan fingerprint density at radius 3 is 2.59 bits per heavy atom. The molecule has 1 N–H and O–H groups in total. The van der Waals surface area contributed by atoms with Crippen molar-refractivity contribution in [3.05, 3.63) is 57.4 Å². The first-order valence-electron chi connectivity index (χ1n) is 14.0. The van der Waals surface area contributed by atoms with Crippen molar-refractivity contribution in [2.24, 2.45) is 5.92 Å². The number of aromatic nitrogens is 2. The highest BCUT2D eigenvalue weighted by molar-refractivity contribution is 6.88. The summed E-state index contributed by atoms with van der Waals surface area (Å²) in [4.78, 5) is 23.2. The van der Waals surface area contributed by atoms with E-state index in [0.29, 0.717) is 12.5 Å². The largest absolute Gasteiger partial charge is 0.450 e. The summed E-state index contributed by atoms with van der Waals surface area (Å²) in [6, 6.07) is 6.55. The number of aryl methyl sites for hydroxylation is 3. The molecule has 0 radical (unpaired) electrons. The summed E-state index contributed by atoms with van der Waals surface area (Å²) in [6.45, 7) is 13.3.